The summed E-state index contributed by atoms with van der Waals surface area (Å²) in [4.78, 5) is 2.01. The molecule has 0 bridgehead atoms. The Balaban J connectivity index is 2.15. The fraction of sp³-hybridized carbons (Fsp3) is 0.538. The minimum atomic E-state index is -0.193. The topological polar surface area (TPSA) is 38.5 Å². The normalized spacial score (nSPS) is 17.1. The van der Waals surface area contributed by atoms with E-state index in [0.29, 0.717) is 18.3 Å². The van der Waals surface area contributed by atoms with Crippen LogP contribution in [0.1, 0.15) is 18.4 Å². The maximum absolute atomic E-state index is 13.9. The predicted molar refractivity (Wildman–Crippen MR) is 66.5 cm³/mol. The van der Waals surface area contributed by atoms with Crippen molar-refractivity contribution >= 4 is 5.69 Å². The third-order valence-corrected chi connectivity index (χ3v) is 3.37. The highest BCUT2D eigenvalue weighted by Gasteiger charge is 2.20. The molecule has 3 nitrogen and oxygen atoms in total. The second-order valence-corrected chi connectivity index (χ2v) is 4.44. The Morgan fingerprint density at radius 3 is 2.71 bits per heavy atom. The molecule has 1 saturated heterocycles. The SMILES string of the molecule is CN(c1ccc(CN)cc1F)C1CCOCC1. The molecule has 0 saturated carbocycles. The maximum atomic E-state index is 13.9. The molecule has 0 radical (unpaired) electrons. The van der Waals surface area contributed by atoms with E-state index in [4.69, 9.17) is 10.5 Å². The number of hydrogen-bond acceptors (Lipinski definition) is 3. The van der Waals surface area contributed by atoms with Crippen LogP contribution in [0.4, 0.5) is 10.1 Å². The van der Waals surface area contributed by atoms with Crippen LogP contribution in [-0.2, 0) is 11.3 Å². The van der Waals surface area contributed by atoms with Gasteiger partial charge in [0.15, 0.2) is 0 Å². The summed E-state index contributed by atoms with van der Waals surface area (Å²) in [5.74, 6) is -0.193. The van der Waals surface area contributed by atoms with Crippen molar-refractivity contribution < 1.29 is 9.13 Å². The van der Waals surface area contributed by atoms with Crippen LogP contribution in [0.5, 0.6) is 0 Å². The van der Waals surface area contributed by atoms with Crippen LogP contribution >= 0.6 is 0 Å². The van der Waals surface area contributed by atoms with Gasteiger partial charge in [0.05, 0.1) is 5.69 Å². The van der Waals surface area contributed by atoms with Crippen molar-refractivity contribution in [2.24, 2.45) is 5.73 Å². The molecule has 0 spiro atoms. The van der Waals surface area contributed by atoms with Crippen LogP contribution in [0.15, 0.2) is 18.2 Å². The van der Waals surface area contributed by atoms with Gasteiger partial charge in [0.25, 0.3) is 0 Å². The van der Waals surface area contributed by atoms with Crippen molar-refractivity contribution in [1.29, 1.82) is 0 Å². The molecular weight excluding hydrogens is 219 g/mol. The van der Waals surface area contributed by atoms with Crippen LogP contribution in [0.25, 0.3) is 0 Å². The lowest BCUT2D eigenvalue weighted by Crippen LogP contribution is -2.37. The summed E-state index contributed by atoms with van der Waals surface area (Å²) in [7, 11) is 1.94. The first-order valence-corrected chi connectivity index (χ1v) is 6.01. The van der Waals surface area contributed by atoms with Crippen LogP contribution < -0.4 is 10.6 Å². The van der Waals surface area contributed by atoms with Crippen molar-refractivity contribution in [3.05, 3.63) is 29.6 Å². The number of ether oxygens (including phenoxy) is 1. The molecule has 17 heavy (non-hydrogen) atoms. The van der Waals surface area contributed by atoms with E-state index in [1.165, 1.54) is 6.07 Å². The molecule has 1 aliphatic heterocycles. The zero-order chi connectivity index (χ0) is 12.3. The molecule has 2 N–H and O–H groups in total. The molecule has 1 aliphatic rings. The molecule has 1 aromatic carbocycles. The van der Waals surface area contributed by atoms with Gasteiger partial charge in [-0.2, -0.15) is 0 Å². The van der Waals surface area contributed by atoms with Gasteiger partial charge in [-0.1, -0.05) is 6.07 Å². The van der Waals surface area contributed by atoms with Crippen molar-refractivity contribution in [1.82, 2.24) is 0 Å². The molecule has 0 unspecified atom stereocenters. The van der Waals surface area contributed by atoms with Crippen LogP contribution in [0, 0.1) is 5.82 Å². The number of rotatable bonds is 3. The zero-order valence-electron chi connectivity index (χ0n) is 10.2. The number of anilines is 1. The molecule has 94 valence electrons. The lowest BCUT2D eigenvalue weighted by atomic mass is 10.1. The van der Waals surface area contributed by atoms with Crippen LogP contribution in [0.3, 0.4) is 0 Å². The van der Waals surface area contributed by atoms with Gasteiger partial charge in [-0.05, 0) is 30.5 Å². The summed E-state index contributed by atoms with van der Waals surface area (Å²) < 4.78 is 19.2. The minimum Gasteiger partial charge on any atom is -0.381 e. The number of halogens is 1. The lowest BCUT2D eigenvalue weighted by Gasteiger charge is -2.33. The third kappa shape index (κ3) is 2.76. The molecule has 2 rings (SSSR count). The van der Waals surface area contributed by atoms with E-state index >= 15 is 0 Å². The van der Waals surface area contributed by atoms with Gasteiger partial charge < -0.3 is 15.4 Å². The molecule has 4 heteroatoms. The number of nitrogens with two attached hydrogens (primary N) is 1. The third-order valence-electron chi connectivity index (χ3n) is 3.37. The predicted octanol–water partition coefficient (Wildman–Crippen LogP) is 1.90. The molecule has 0 atom stereocenters. The largest absolute Gasteiger partial charge is 0.381 e. The van der Waals surface area contributed by atoms with Gasteiger partial charge in [0.2, 0.25) is 0 Å². The van der Waals surface area contributed by atoms with Crippen molar-refractivity contribution in [2.75, 3.05) is 25.2 Å². The lowest BCUT2D eigenvalue weighted by molar-refractivity contribution is 0.0853. The van der Waals surface area contributed by atoms with E-state index in [1.54, 1.807) is 0 Å². The average molecular weight is 238 g/mol. The van der Waals surface area contributed by atoms with Crippen molar-refractivity contribution in [3.63, 3.8) is 0 Å². The summed E-state index contributed by atoms with van der Waals surface area (Å²) in [6.45, 7) is 1.90. The first kappa shape index (κ1) is 12.3. The van der Waals surface area contributed by atoms with E-state index in [-0.39, 0.29) is 5.82 Å². The Bertz CT molecular complexity index is 378. The molecular formula is C13H19FN2O. The quantitative estimate of drug-likeness (QED) is 0.874. The highest BCUT2D eigenvalue weighted by atomic mass is 19.1. The van der Waals surface area contributed by atoms with E-state index in [2.05, 4.69) is 0 Å². The van der Waals surface area contributed by atoms with Gasteiger partial charge in [-0.3, -0.25) is 0 Å². The number of benzene rings is 1. The summed E-state index contributed by atoms with van der Waals surface area (Å²) >= 11 is 0. The first-order valence-electron chi connectivity index (χ1n) is 6.01. The minimum absolute atomic E-state index is 0.193. The van der Waals surface area contributed by atoms with Gasteiger partial charge >= 0.3 is 0 Å². The summed E-state index contributed by atoms with van der Waals surface area (Å²) in [5.41, 5.74) is 6.96. The van der Waals surface area contributed by atoms with Crippen LogP contribution in [0.2, 0.25) is 0 Å². The van der Waals surface area contributed by atoms with Gasteiger partial charge in [0.1, 0.15) is 5.82 Å². The average Bonchev–Trinajstić information content (AvgIpc) is 2.39. The fourth-order valence-corrected chi connectivity index (χ4v) is 2.23. The maximum Gasteiger partial charge on any atom is 0.146 e. The second-order valence-electron chi connectivity index (χ2n) is 4.44. The standard InChI is InChI=1S/C13H19FN2O/c1-16(11-4-6-17-7-5-11)13-3-2-10(9-15)8-12(13)14/h2-3,8,11H,4-7,9,15H2,1H3. The van der Waals surface area contributed by atoms with Gasteiger partial charge in [-0.25, -0.2) is 4.39 Å². The Morgan fingerprint density at radius 1 is 1.41 bits per heavy atom. The molecule has 1 aromatic rings. The molecule has 0 aliphatic carbocycles. The Kier molecular flexibility index (Phi) is 3.97. The molecule has 1 heterocycles. The van der Waals surface area contributed by atoms with Crippen molar-refractivity contribution in [3.8, 4) is 0 Å². The number of nitrogens with zero attached hydrogens (tertiary/aromatic N) is 1. The Labute approximate surface area is 101 Å². The van der Waals surface area contributed by atoms with Crippen molar-refractivity contribution in [2.45, 2.75) is 25.4 Å². The summed E-state index contributed by atoms with van der Waals surface area (Å²) in [5, 5.41) is 0. The first-order chi connectivity index (χ1) is 8.22. The smallest absolute Gasteiger partial charge is 0.146 e. The summed E-state index contributed by atoms with van der Waals surface area (Å²) in [6.07, 6.45) is 1.91. The molecule has 0 amide bonds. The Hall–Kier alpha value is -1.13. The highest BCUT2D eigenvalue weighted by Crippen LogP contribution is 2.24. The Morgan fingerprint density at radius 2 is 2.12 bits per heavy atom. The highest BCUT2D eigenvalue weighted by molar-refractivity contribution is 5.49. The van der Waals surface area contributed by atoms with E-state index in [9.17, 15) is 4.39 Å². The van der Waals surface area contributed by atoms with Gasteiger partial charge in [0, 0.05) is 32.8 Å². The van der Waals surface area contributed by atoms with E-state index in [1.807, 2.05) is 24.1 Å². The second kappa shape index (κ2) is 5.47. The van der Waals surface area contributed by atoms with Crippen LogP contribution in [-0.4, -0.2) is 26.3 Å². The van der Waals surface area contributed by atoms with E-state index in [0.717, 1.165) is 31.6 Å². The molecule has 1 fully saturated rings. The number of hydrogen-bond donors (Lipinski definition) is 1. The fourth-order valence-electron chi connectivity index (χ4n) is 2.23. The molecule has 0 aromatic heterocycles. The van der Waals surface area contributed by atoms with Gasteiger partial charge in [-0.15, -0.1) is 0 Å². The van der Waals surface area contributed by atoms with E-state index < -0.39 is 0 Å². The summed E-state index contributed by atoms with van der Waals surface area (Å²) in [6, 6.07) is 5.58. The zero-order valence-corrected chi connectivity index (χ0v) is 10.2. The monoisotopic (exact) mass is 238 g/mol.